The standard InChI is InChI=1S/C13H22IN3O/c1-7-13(4,18-6)12-16-10(8(2)3)9(14)11(15-5)17-12/h8H,7H2,1-6H3,(H,15,16,17). The van der Waals surface area contributed by atoms with E-state index in [-0.39, 0.29) is 0 Å². The zero-order chi connectivity index (χ0) is 13.9. The summed E-state index contributed by atoms with van der Waals surface area (Å²) >= 11 is 2.30. The molecule has 0 radical (unpaired) electrons. The summed E-state index contributed by atoms with van der Waals surface area (Å²) in [4.78, 5) is 9.30. The van der Waals surface area contributed by atoms with Crippen LogP contribution in [0, 0.1) is 3.57 Å². The van der Waals surface area contributed by atoms with E-state index in [0.717, 1.165) is 27.3 Å². The molecule has 0 spiro atoms. The SMILES string of the molecule is CCC(C)(OC)c1nc(NC)c(I)c(C(C)C)n1. The van der Waals surface area contributed by atoms with Crippen molar-refractivity contribution in [3.05, 3.63) is 15.1 Å². The van der Waals surface area contributed by atoms with E-state index >= 15 is 0 Å². The van der Waals surface area contributed by atoms with Crippen LogP contribution in [0.3, 0.4) is 0 Å². The Hall–Kier alpha value is -0.430. The smallest absolute Gasteiger partial charge is 0.162 e. The van der Waals surface area contributed by atoms with Crippen LogP contribution in [0.5, 0.6) is 0 Å². The third kappa shape index (κ3) is 2.93. The second-order valence-electron chi connectivity index (χ2n) is 4.79. The van der Waals surface area contributed by atoms with E-state index in [0.29, 0.717) is 5.92 Å². The fraction of sp³-hybridized carbons (Fsp3) is 0.692. The highest BCUT2D eigenvalue weighted by Gasteiger charge is 2.29. The molecule has 1 aromatic rings. The number of halogens is 1. The lowest BCUT2D eigenvalue weighted by atomic mass is 10.0. The molecule has 18 heavy (non-hydrogen) atoms. The van der Waals surface area contributed by atoms with Crippen LogP contribution in [0.1, 0.15) is 51.6 Å². The van der Waals surface area contributed by atoms with Gasteiger partial charge in [0.2, 0.25) is 0 Å². The maximum absolute atomic E-state index is 5.59. The molecule has 0 aliphatic rings. The van der Waals surface area contributed by atoms with Crippen LogP contribution in [0.2, 0.25) is 0 Å². The minimum absolute atomic E-state index is 0.365. The Kier molecular flexibility index (Phi) is 5.33. The van der Waals surface area contributed by atoms with Crippen molar-refractivity contribution < 1.29 is 4.74 Å². The Labute approximate surface area is 123 Å². The van der Waals surface area contributed by atoms with E-state index in [1.165, 1.54) is 0 Å². The molecule has 0 saturated carbocycles. The number of anilines is 1. The number of hydrogen-bond acceptors (Lipinski definition) is 4. The largest absolute Gasteiger partial charge is 0.372 e. The third-order valence-electron chi connectivity index (χ3n) is 3.26. The van der Waals surface area contributed by atoms with Crippen LogP contribution in [0.15, 0.2) is 0 Å². The van der Waals surface area contributed by atoms with Gasteiger partial charge in [0.1, 0.15) is 11.4 Å². The average molecular weight is 363 g/mol. The Bertz CT molecular complexity index is 417. The summed E-state index contributed by atoms with van der Waals surface area (Å²) in [6.45, 7) is 8.39. The summed E-state index contributed by atoms with van der Waals surface area (Å²) in [5.41, 5.74) is 0.640. The number of rotatable bonds is 5. The maximum atomic E-state index is 5.59. The molecule has 1 N–H and O–H groups in total. The Morgan fingerprint density at radius 1 is 1.39 bits per heavy atom. The quantitative estimate of drug-likeness (QED) is 0.814. The molecular formula is C13H22IN3O. The number of nitrogens with one attached hydrogen (secondary N) is 1. The van der Waals surface area contributed by atoms with Gasteiger partial charge in [0.15, 0.2) is 5.82 Å². The van der Waals surface area contributed by atoms with Crippen molar-refractivity contribution in [3.8, 4) is 0 Å². The number of nitrogens with zero attached hydrogens (tertiary/aromatic N) is 2. The topological polar surface area (TPSA) is 47.0 Å². The van der Waals surface area contributed by atoms with Gasteiger partial charge in [0.25, 0.3) is 0 Å². The molecule has 5 heteroatoms. The van der Waals surface area contributed by atoms with Crippen LogP contribution >= 0.6 is 22.6 Å². The van der Waals surface area contributed by atoms with Gasteiger partial charge in [0, 0.05) is 14.2 Å². The number of hydrogen-bond donors (Lipinski definition) is 1. The predicted octanol–water partition coefficient (Wildman–Crippen LogP) is 3.52. The summed E-state index contributed by atoms with van der Waals surface area (Å²) in [6, 6.07) is 0. The first kappa shape index (κ1) is 15.6. The van der Waals surface area contributed by atoms with Crippen molar-refractivity contribution in [1.29, 1.82) is 0 Å². The summed E-state index contributed by atoms with van der Waals surface area (Å²) in [7, 11) is 3.59. The first-order valence-corrected chi connectivity index (χ1v) is 7.28. The fourth-order valence-corrected chi connectivity index (χ4v) is 2.78. The summed E-state index contributed by atoms with van der Waals surface area (Å²) in [5, 5.41) is 3.14. The zero-order valence-corrected chi connectivity index (χ0v) is 14.1. The second kappa shape index (κ2) is 6.14. The zero-order valence-electron chi connectivity index (χ0n) is 12.0. The van der Waals surface area contributed by atoms with Crippen LogP contribution < -0.4 is 5.32 Å². The summed E-state index contributed by atoms with van der Waals surface area (Å²) in [5.74, 6) is 1.99. The molecule has 0 bridgehead atoms. The van der Waals surface area contributed by atoms with E-state index < -0.39 is 5.60 Å². The number of aromatic nitrogens is 2. The van der Waals surface area contributed by atoms with Gasteiger partial charge < -0.3 is 10.1 Å². The minimum Gasteiger partial charge on any atom is -0.372 e. The Balaban J connectivity index is 3.43. The van der Waals surface area contributed by atoms with Gasteiger partial charge >= 0.3 is 0 Å². The molecule has 102 valence electrons. The van der Waals surface area contributed by atoms with Gasteiger partial charge in [0.05, 0.1) is 9.26 Å². The first-order chi connectivity index (χ1) is 8.39. The Morgan fingerprint density at radius 2 is 2.00 bits per heavy atom. The molecule has 0 aromatic carbocycles. The number of methoxy groups -OCH3 is 1. The molecule has 1 aromatic heterocycles. The van der Waals surface area contributed by atoms with E-state index in [9.17, 15) is 0 Å². The van der Waals surface area contributed by atoms with Gasteiger partial charge in [-0.25, -0.2) is 9.97 Å². The molecule has 1 heterocycles. The van der Waals surface area contributed by atoms with Gasteiger partial charge in [-0.3, -0.25) is 0 Å². The fourth-order valence-electron chi connectivity index (χ4n) is 1.64. The minimum atomic E-state index is -0.431. The van der Waals surface area contributed by atoms with Gasteiger partial charge in [-0.15, -0.1) is 0 Å². The molecule has 4 nitrogen and oxygen atoms in total. The Morgan fingerprint density at radius 3 is 2.39 bits per heavy atom. The highest BCUT2D eigenvalue weighted by molar-refractivity contribution is 14.1. The number of ether oxygens (including phenoxy) is 1. The molecule has 1 atom stereocenters. The molecular weight excluding hydrogens is 341 g/mol. The van der Waals surface area contributed by atoms with Gasteiger partial charge in [-0.2, -0.15) is 0 Å². The van der Waals surface area contributed by atoms with Crippen molar-refractivity contribution in [2.75, 3.05) is 19.5 Å². The lowest BCUT2D eigenvalue weighted by Gasteiger charge is -2.26. The molecule has 0 aliphatic heterocycles. The van der Waals surface area contributed by atoms with Gasteiger partial charge in [-0.1, -0.05) is 20.8 Å². The lowest BCUT2D eigenvalue weighted by Crippen LogP contribution is -2.28. The normalized spacial score (nSPS) is 14.7. The van der Waals surface area contributed by atoms with Gasteiger partial charge in [-0.05, 0) is 41.9 Å². The van der Waals surface area contributed by atoms with Crippen LogP contribution in [-0.4, -0.2) is 24.1 Å². The molecule has 1 rings (SSSR count). The predicted molar refractivity (Wildman–Crippen MR) is 83.0 cm³/mol. The molecule has 0 fully saturated rings. The summed E-state index contributed by atoms with van der Waals surface area (Å²) < 4.78 is 6.68. The van der Waals surface area contributed by atoms with E-state index in [4.69, 9.17) is 9.72 Å². The van der Waals surface area contributed by atoms with E-state index in [1.54, 1.807) is 7.11 Å². The molecule has 1 unspecified atom stereocenters. The van der Waals surface area contributed by atoms with Crippen LogP contribution in [0.4, 0.5) is 5.82 Å². The van der Waals surface area contributed by atoms with Crippen molar-refractivity contribution in [3.63, 3.8) is 0 Å². The highest BCUT2D eigenvalue weighted by atomic mass is 127. The maximum Gasteiger partial charge on any atom is 0.162 e. The average Bonchev–Trinajstić information content (AvgIpc) is 2.37. The second-order valence-corrected chi connectivity index (χ2v) is 5.87. The van der Waals surface area contributed by atoms with E-state index in [1.807, 2.05) is 14.0 Å². The van der Waals surface area contributed by atoms with Crippen molar-refractivity contribution in [2.45, 2.75) is 45.6 Å². The van der Waals surface area contributed by atoms with E-state index in [2.05, 4.69) is 53.7 Å². The summed E-state index contributed by atoms with van der Waals surface area (Å²) in [6.07, 6.45) is 0.838. The molecule has 0 aliphatic carbocycles. The van der Waals surface area contributed by atoms with Crippen molar-refractivity contribution in [1.82, 2.24) is 9.97 Å². The van der Waals surface area contributed by atoms with Crippen molar-refractivity contribution >= 4 is 28.4 Å². The first-order valence-electron chi connectivity index (χ1n) is 6.20. The monoisotopic (exact) mass is 363 g/mol. The molecule has 0 saturated heterocycles. The molecule has 0 amide bonds. The third-order valence-corrected chi connectivity index (χ3v) is 4.32. The lowest BCUT2D eigenvalue weighted by molar-refractivity contribution is -0.00910. The van der Waals surface area contributed by atoms with Crippen LogP contribution in [-0.2, 0) is 10.3 Å². The van der Waals surface area contributed by atoms with Crippen LogP contribution in [0.25, 0.3) is 0 Å². The van der Waals surface area contributed by atoms with Crippen molar-refractivity contribution in [2.24, 2.45) is 0 Å². The highest BCUT2D eigenvalue weighted by Crippen LogP contribution is 2.31.